The molecule has 1 saturated heterocycles. The molecule has 16 heavy (non-hydrogen) atoms. The Balaban J connectivity index is 2.07. The molecule has 0 radical (unpaired) electrons. The molecule has 0 spiro atoms. The largest absolute Gasteiger partial charge is 0.306 e. The van der Waals surface area contributed by atoms with Crippen LogP contribution in [0.15, 0.2) is 24.3 Å². The minimum atomic E-state index is 0.229. The number of benzene rings is 1. The highest BCUT2D eigenvalue weighted by atomic mass is 16.1. The summed E-state index contributed by atoms with van der Waals surface area (Å²) in [5.41, 5.74) is 2.28. The van der Waals surface area contributed by atoms with Gasteiger partial charge in [-0.25, -0.2) is 0 Å². The van der Waals surface area contributed by atoms with E-state index in [-0.39, 0.29) is 5.92 Å². The van der Waals surface area contributed by atoms with Crippen molar-refractivity contribution >= 4 is 5.78 Å². The van der Waals surface area contributed by atoms with Gasteiger partial charge in [0.05, 0.1) is 0 Å². The average molecular weight is 215 g/mol. The summed E-state index contributed by atoms with van der Waals surface area (Å²) in [4.78, 5) is 14.6. The Bertz CT molecular complexity index is 426. The molecule has 3 rings (SSSR count). The quantitative estimate of drug-likeness (QED) is 0.662. The van der Waals surface area contributed by atoms with Gasteiger partial charge in [0.2, 0.25) is 0 Å². The molecule has 2 atom stereocenters. The summed E-state index contributed by atoms with van der Waals surface area (Å²) in [7, 11) is 2.12. The van der Waals surface area contributed by atoms with Gasteiger partial charge >= 0.3 is 0 Å². The van der Waals surface area contributed by atoms with Crippen molar-refractivity contribution in [1.82, 2.24) is 4.90 Å². The predicted octanol–water partition coefficient (Wildman–Crippen LogP) is 2.31. The van der Waals surface area contributed by atoms with E-state index in [9.17, 15) is 4.79 Å². The fraction of sp³-hybridized carbons (Fsp3) is 0.500. The first-order valence-electron chi connectivity index (χ1n) is 6.07. The lowest BCUT2D eigenvalue weighted by molar-refractivity contribution is 0.0878. The number of carbonyl (C=O) groups excluding carboxylic acids is 1. The molecule has 1 aliphatic heterocycles. The van der Waals surface area contributed by atoms with Gasteiger partial charge in [-0.1, -0.05) is 24.3 Å². The van der Waals surface area contributed by atoms with E-state index < -0.39 is 0 Å². The average Bonchev–Trinajstić information content (AvgIpc) is 2.47. The van der Waals surface area contributed by atoms with Crippen LogP contribution in [0.1, 0.15) is 34.7 Å². The van der Waals surface area contributed by atoms with Gasteiger partial charge in [0.1, 0.15) is 0 Å². The van der Waals surface area contributed by atoms with E-state index in [1.165, 1.54) is 12.0 Å². The van der Waals surface area contributed by atoms with Crippen LogP contribution in [0.4, 0.5) is 0 Å². The second-order valence-electron chi connectivity index (χ2n) is 5.13. The Morgan fingerprint density at radius 1 is 1.25 bits per heavy atom. The van der Waals surface area contributed by atoms with E-state index in [0.29, 0.717) is 11.7 Å². The lowest BCUT2D eigenvalue weighted by Gasteiger charge is -2.27. The molecule has 0 amide bonds. The number of Topliss-reactive ketones (excluding diaryl/α,β-unsaturated/α-hetero) is 1. The lowest BCUT2D eigenvalue weighted by Crippen LogP contribution is -2.31. The number of hydrogen-bond acceptors (Lipinski definition) is 2. The van der Waals surface area contributed by atoms with Gasteiger partial charge in [0.15, 0.2) is 5.78 Å². The smallest absolute Gasteiger partial charge is 0.167 e. The molecule has 2 unspecified atom stereocenters. The van der Waals surface area contributed by atoms with Crippen molar-refractivity contribution in [2.24, 2.45) is 5.92 Å². The maximum Gasteiger partial charge on any atom is 0.167 e. The second-order valence-corrected chi connectivity index (χ2v) is 5.13. The van der Waals surface area contributed by atoms with Gasteiger partial charge in [-0.15, -0.1) is 0 Å². The van der Waals surface area contributed by atoms with Crippen molar-refractivity contribution in [3.63, 3.8) is 0 Å². The molecule has 2 nitrogen and oxygen atoms in total. The summed E-state index contributed by atoms with van der Waals surface area (Å²) in [6, 6.07) is 8.18. The maximum atomic E-state index is 12.3. The zero-order valence-corrected chi connectivity index (χ0v) is 9.65. The van der Waals surface area contributed by atoms with Gasteiger partial charge in [0, 0.05) is 18.0 Å². The summed E-state index contributed by atoms with van der Waals surface area (Å²) in [5, 5.41) is 0. The van der Waals surface area contributed by atoms with Crippen LogP contribution in [0.25, 0.3) is 0 Å². The van der Waals surface area contributed by atoms with Crippen LogP contribution in [0.2, 0.25) is 0 Å². The zero-order chi connectivity index (χ0) is 11.1. The molecule has 1 heterocycles. The normalized spacial score (nSPS) is 29.7. The van der Waals surface area contributed by atoms with Gasteiger partial charge in [-0.2, -0.15) is 0 Å². The molecule has 2 heteroatoms. The molecule has 0 aromatic heterocycles. The Morgan fingerprint density at radius 2 is 2.06 bits per heavy atom. The third kappa shape index (κ3) is 1.49. The van der Waals surface area contributed by atoms with Crippen molar-refractivity contribution in [3.05, 3.63) is 35.4 Å². The number of carbonyl (C=O) groups is 1. The molecule has 1 aliphatic carbocycles. The minimum Gasteiger partial charge on any atom is -0.306 e. The first-order valence-corrected chi connectivity index (χ1v) is 6.07. The summed E-state index contributed by atoms with van der Waals surface area (Å²) < 4.78 is 0. The number of hydrogen-bond donors (Lipinski definition) is 0. The first kappa shape index (κ1) is 10.0. The van der Waals surface area contributed by atoms with Crippen molar-refractivity contribution in [2.75, 3.05) is 20.1 Å². The van der Waals surface area contributed by atoms with Gasteiger partial charge in [0.25, 0.3) is 0 Å². The number of nitrogens with zero attached hydrogens (tertiary/aromatic N) is 1. The highest BCUT2D eigenvalue weighted by Gasteiger charge is 2.35. The van der Waals surface area contributed by atoms with E-state index in [1.54, 1.807) is 0 Å². The Labute approximate surface area is 96.3 Å². The Morgan fingerprint density at radius 3 is 2.94 bits per heavy atom. The fourth-order valence-electron chi connectivity index (χ4n) is 3.15. The van der Waals surface area contributed by atoms with Crippen molar-refractivity contribution in [3.8, 4) is 0 Å². The topological polar surface area (TPSA) is 20.3 Å². The predicted molar refractivity (Wildman–Crippen MR) is 63.7 cm³/mol. The molecule has 1 aromatic carbocycles. The van der Waals surface area contributed by atoms with Gasteiger partial charge in [-0.3, -0.25) is 4.79 Å². The summed E-state index contributed by atoms with van der Waals surface area (Å²) in [6.07, 6.45) is 2.25. The molecular weight excluding hydrogens is 198 g/mol. The van der Waals surface area contributed by atoms with Crippen LogP contribution < -0.4 is 0 Å². The van der Waals surface area contributed by atoms with E-state index in [0.717, 1.165) is 25.1 Å². The van der Waals surface area contributed by atoms with Crippen molar-refractivity contribution in [2.45, 2.75) is 18.8 Å². The van der Waals surface area contributed by atoms with Crippen molar-refractivity contribution in [1.29, 1.82) is 0 Å². The standard InChI is InChI=1S/C14H17NO/c1-15-7-6-10-8-11(9-15)14(16)13-5-3-2-4-12(10)13/h2-5,10-11H,6-9H2,1H3. The maximum absolute atomic E-state index is 12.3. The summed E-state index contributed by atoms with van der Waals surface area (Å²) >= 11 is 0. The molecule has 84 valence electrons. The number of rotatable bonds is 0. The minimum absolute atomic E-state index is 0.229. The second kappa shape index (κ2) is 3.70. The molecule has 0 saturated carbocycles. The molecule has 1 fully saturated rings. The molecule has 2 aliphatic rings. The highest BCUT2D eigenvalue weighted by molar-refractivity contribution is 6.00. The Hall–Kier alpha value is -1.15. The fourth-order valence-corrected chi connectivity index (χ4v) is 3.15. The number of ketones is 1. The summed E-state index contributed by atoms with van der Waals surface area (Å²) in [6.45, 7) is 2.05. The molecule has 2 bridgehead atoms. The van der Waals surface area contributed by atoms with Crippen LogP contribution in [0.3, 0.4) is 0 Å². The zero-order valence-electron chi connectivity index (χ0n) is 9.65. The SMILES string of the molecule is CN1CCC2CC(C1)C(=O)c1ccccc12. The molecule has 0 N–H and O–H groups in total. The number of likely N-dealkylation sites (tertiary alicyclic amines) is 1. The van der Waals surface area contributed by atoms with Crippen LogP contribution >= 0.6 is 0 Å². The van der Waals surface area contributed by atoms with Crippen LogP contribution in [0.5, 0.6) is 0 Å². The lowest BCUT2D eigenvalue weighted by atomic mass is 9.75. The third-order valence-electron chi connectivity index (χ3n) is 4.00. The van der Waals surface area contributed by atoms with Crippen LogP contribution in [0, 0.1) is 5.92 Å². The molecular formula is C14H17NO. The summed E-state index contributed by atoms with van der Waals surface area (Å²) in [5.74, 6) is 1.19. The third-order valence-corrected chi connectivity index (χ3v) is 4.00. The van der Waals surface area contributed by atoms with Crippen molar-refractivity contribution < 1.29 is 4.79 Å². The van der Waals surface area contributed by atoms with E-state index in [1.807, 2.05) is 12.1 Å². The number of fused-ring (bicyclic) bond motifs is 4. The Kier molecular flexibility index (Phi) is 2.32. The van der Waals surface area contributed by atoms with Crippen LogP contribution in [-0.2, 0) is 0 Å². The van der Waals surface area contributed by atoms with Gasteiger partial charge < -0.3 is 4.90 Å². The van der Waals surface area contributed by atoms with E-state index >= 15 is 0 Å². The highest BCUT2D eigenvalue weighted by Crippen LogP contribution is 2.38. The molecule has 1 aromatic rings. The van der Waals surface area contributed by atoms with Crippen LogP contribution in [-0.4, -0.2) is 30.8 Å². The first-order chi connectivity index (χ1) is 7.75. The monoisotopic (exact) mass is 215 g/mol. The van der Waals surface area contributed by atoms with E-state index in [2.05, 4.69) is 24.1 Å². The van der Waals surface area contributed by atoms with E-state index in [4.69, 9.17) is 0 Å². The van der Waals surface area contributed by atoms with Gasteiger partial charge in [-0.05, 0) is 37.9 Å².